The van der Waals surface area contributed by atoms with E-state index in [0.29, 0.717) is 18.0 Å². The molecule has 1 aliphatic heterocycles. The molecule has 0 radical (unpaired) electrons. The van der Waals surface area contributed by atoms with Gasteiger partial charge in [0.25, 0.3) is 0 Å². The van der Waals surface area contributed by atoms with Gasteiger partial charge in [0, 0.05) is 11.6 Å². The van der Waals surface area contributed by atoms with Crippen LogP contribution in [0, 0.1) is 0 Å². The highest BCUT2D eigenvalue weighted by Crippen LogP contribution is 2.30. The van der Waals surface area contributed by atoms with Gasteiger partial charge in [0.15, 0.2) is 0 Å². The van der Waals surface area contributed by atoms with Crippen molar-refractivity contribution < 1.29 is 14.7 Å². The first-order valence-electron chi connectivity index (χ1n) is 6.22. The molecule has 102 valence electrons. The molecule has 1 aliphatic rings. The summed E-state index contributed by atoms with van der Waals surface area (Å²) in [5.41, 5.74) is -0.355. The van der Waals surface area contributed by atoms with E-state index in [1.807, 2.05) is 6.07 Å². The monoisotopic (exact) mass is 281 g/mol. The van der Waals surface area contributed by atoms with Crippen LogP contribution in [0.3, 0.4) is 0 Å². The highest BCUT2D eigenvalue weighted by Gasteiger charge is 2.45. The minimum atomic E-state index is -1.08. The second-order valence-electron chi connectivity index (χ2n) is 5.00. The van der Waals surface area contributed by atoms with Crippen LogP contribution in [0.15, 0.2) is 24.3 Å². The molecule has 2 rings (SSSR count). The Morgan fingerprint density at radius 1 is 1.42 bits per heavy atom. The van der Waals surface area contributed by atoms with Crippen molar-refractivity contribution in [3.05, 3.63) is 34.9 Å². The maximum absolute atomic E-state index is 12.3. The average molecular weight is 282 g/mol. The Kier molecular flexibility index (Phi) is 3.80. The van der Waals surface area contributed by atoms with Gasteiger partial charge in [-0.2, -0.15) is 0 Å². The minimum Gasteiger partial charge on any atom is -0.480 e. The third-order valence-electron chi connectivity index (χ3n) is 3.70. The van der Waals surface area contributed by atoms with Crippen LogP contribution in [0.25, 0.3) is 0 Å². The number of aliphatic carboxylic acids is 1. The van der Waals surface area contributed by atoms with Gasteiger partial charge in [-0.05, 0) is 31.4 Å². The zero-order chi connectivity index (χ0) is 14.0. The van der Waals surface area contributed by atoms with Crippen LogP contribution in [-0.4, -0.2) is 34.0 Å². The smallest absolute Gasteiger partial charge is 0.329 e. The van der Waals surface area contributed by atoms with E-state index in [4.69, 9.17) is 11.6 Å². The number of likely N-dealkylation sites (tertiary alicyclic amines) is 1. The van der Waals surface area contributed by atoms with Gasteiger partial charge >= 0.3 is 5.97 Å². The number of carboxylic acid groups (broad SMARTS) is 1. The Morgan fingerprint density at radius 3 is 2.74 bits per heavy atom. The highest BCUT2D eigenvalue weighted by atomic mass is 35.5. The first kappa shape index (κ1) is 13.9. The lowest BCUT2D eigenvalue weighted by atomic mass is 9.98. The quantitative estimate of drug-likeness (QED) is 0.925. The Labute approximate surface area is 117 Å². The van der Waals surface area contributed by atoms with Crippen molar-refractivity contribution in [2.75, 3.05) is 6.54 Å². The SMILES string of the molecule is CC1(C(=O)O)CCCN1C(=O)Cc1ccccc1Cl. The van der Waals surface area contributed by atoms with Crippen molar-refractivity contribution in [1.82, 2.24) is 4.90 Å². The first-order chi connectivity index (χ1) is 8.95. The molecule has 4 nitrogen and oxygen atoms in total. The van der Waals surface area contributed by atoms with Gasteiger partial charge in [0.1, 0.15) is 5.54 Å². The zero-order valence-electron chi connectivity index (χ0n) is 10.7. The molecular formula is C14H16ClNO3. The van der Waals surface area contributed by atoms with Crippen LogP contribution in [0.5, 0.6) is 0 Å². The maximum Gasteiger partial charge on any atom is 0.329 e. The predicted octanol–water partition coefficient (Wildman–Crippen LogP) is 2.35. The molecule has 1 heterocycles. The molecule has 0 saturated carbocycles. The second-order valence-corrected chi connectivity index (χ2v) is 5.40. The third-order valence-corrected chi connectivity index (χ3v) is 4.07. The molecule has 1 fully saturated rings. The Hall–Kier alpha value is -1.55. The first-order valence-corrected chi connectivity index (χ1v) is 6.60. The Balaban J connectivity index is 2.17. The molecule has 1 N–H and O–H groups in total. The van der Waals surface area contributed by atoms with E-state index < -0.39 is 11.5 Å². The topological polar surface area (TPSA) is 57.6 Å². The molecule has 0 bridgehead atoms. The molecule has 1 amide bonds. The standard InChI is InChI=1S/C14H16ClNO3/c1-14(13(18)19)7-4-8-16(14)12(17)9-10-5-2-3-6-11(10)15/h2-3,5-6H,4,7-9H2,1H3,(H,18,19). The number of nitrogens with zero attached hydrogens (tertiary/aromatic N) is 1. The molecule has 0 spiro atoms. The molecule has 1 aromatic carbocycles. The van der Waals surface area contributed by atoms with Crippen molar-refractivity contribution in [2.24, 2.45) is 0 Å². The molecule has 1 aromatic rings. The third kappa shape index (κ3) is 2.59. The molecule has 1 atom stereocenters. The lowest BCUT2D eigenvalue weighted by molar-refractivity contribution is -0.155. The molecule has 5 heteroatoms. The number of carboxylic acids is 1. The maximum atomic E-state index is 12.3. The van der Waals surface area contributed by atoms with E-state index in [1.165, 1.54) is 4.90 Å². The van der Waals surface area contributed by atoms with Gasteiger partial charge in [-0.25, -0.2) is 4.79 Å². The molecule has 1 unspecified atom stereocenters. The minimum absolute atomic E-state index is 0.141. The van der Waals surface area contributed by atoms with Gasteiger partial charge in [-0.1, -0.05) is 29.8 Å². The highest BCUT2D eigenvalue weighted by molar-refractivity contribution is 6.31. The van der Waals surface area contributed by atoms with Crippen LogP contribution >= 0.6 is 11.6 Å². The number of carbonyl (C=O) groups excluding carboxylic acids is 1. The summed E-state index contributed by atoms with van der Waals surface area (Å²) in [4.78, 5) is 25.1. The van der Waals surface area contributed by atoms with Crippen LogP contribution in [0.4, 0.5) is 0 Å². The zero-order valence-corrected chi connectivity index (χ0v) is 11.5. The van der Waals surface area contributed by atoms with Crippen molar-refractivity contribution in [3.8, 4) is 0 Å². The summed E-state index contributed by atoms with van der Waals surface area (Å²) in [5, 5.41) is 9.83. The molecule has 0 aromatic heterocycles. The lowest BCUT2D eigenvalue weighted by Gasteiger charge is -2.31. The number of halogens is 1. The number of hydrogen-bond acceptors (Lipinski definition) is 2. The van der Waals surface area contributed by atoms with E-state index >= 15 is 0 Å². The fourth-order valence-corrected chi connectivity index (χ4v) is 2.69. The van der Waals surface area contributed by atoms with E-state index in [-0.39, 0.29) is 12.3 Å². The van der Waals surface area contributed by atoms with E-state index in [9.17, 15) is 14.7 Å². The van der Waals surface area contributed by atoms with E-state index in [0.717, 1.165) is 12.0 Å². The summed E-state index contributed by atoms with van der Waals surface area (Å²) >= 11 is 6.02. The average Bonchev–Trinajstić information content (AvgIpc) is 2.76. The van der Waals surface area contributed by atoms with E-state index in [1.54, 1.807) is 25.1 Å². The molecule has 19 heavy (non-hydrogen) atoms. The van der Waals surface area contributed by atoms with Gasteiger partial charge in [-0.3, -0.25) is 4.79 Å². The summed E-state index contributed by atoms with van der Waals surface area (Å²) in [7, 11) is 0. The lowest BCUT2D eigenvalue weighted by Crippen LogP contribution is -2.51. The summed E-state index contributed by atoms with van der Waals surface area (Å²) in [5.74, 6) is -1.13. The number of carbonyl (C=O) groups is 2. The molecule has 0 aliphatic carbocycles. The van der Waals surface area contributed by atoms with Crippen molar-refractivity contribution in [1.29, 1.82) is 0 Å². The van der Waals surface area contributed by atoms with Crippen molar-refractivity contribution in [3.63, 3.8) is 0 Å². The molecule has 1 saturated heterocycles. The van der Waals surface area contributed by atoms with Gasteiger partial charge < -0.3 is 10.0 Å². The number of hydrogen-bond donors (Lipinski definition) is 1. The fourth-order valence-electron chi connectivity index (χ4n) is 2.49. The van der Waals surface area contributed by atoms with Crippen LogP contribution in [-0.2, 0) is 16.0 Å². The van der Waals surface area contributed by atoms with Crippen molar-refractivity contribution in [2.45, 2.75) is 31.7 Å². The van der Waals surface area contributed by atoms with E-state index in [2.05, 4.69) is 0 Å². The summed E-state index contributed by atoms with van der Waals surface area (Å²) < 4.78 is 0. The molecular weight excluding hydrogens is 266 g/mol. The van der Waals surface area contributed by atoms with Crippen LogP contribution in [0.1, 0.15) is 25.3 Å². The number of amides is 1. The van der Waals surface area contributed by atoms with Crippen LogP contribution < -0.4 is 0 Å². The van der Waals surface area contributed by atoms with Crippen molar-refractivity contribution >= 4 is 23.5 Å². The van der Waals surface area contributed by atoms with Gasteiger partial charge in [-0.15, -0.1) is 0 Å². The second kappa shape index (κ2) is 5.21. The largest absolute Gasteiger partial charge is 0.480 e. The van der Waals surface area contributed by atoms with Crippen LogP contribution in [0.2, 0.25) is 5.02 Å². The Morgan fingerprint density at radius 2 is 2.11 bits per heavy atom. The Bertz CT molecular complexity index is 517. The summed E-state index contributed by atoms with van der Waals surface area (Å²) in [6.45, 7) is 2.10. The normalized spacial score (nSPS) is 22.5. The predicted molar refractivity (Wildman–Crippen MR) is 72.1 cm³/mol. The summed E-state index contributed by atoms with van der Waals surface area (Å²) in [6.07, 6.45) is 1.36. The van der Waals surface area contributed by atoms with Gasteiger partial charge in [0.05, 0.1) is 6.42 Å². The number of benzene rings is 1. The fraction of sp³-hybridized carbons (Fsp3) is 0.429. The van der Waals surface area contributed by atoms with Gasteiger partial charge in [0.2, 0.25) is 5.91 Å². The summed E-state index contributed by atoms with van der Waals surface area (Å²) in [6, 6.07) is 7.13. The number of rotatable bonds is 3.